The Kier molecular flexibility index (Phi) is 9.18. The van der Waals surface area contributed by atoms with E-state index in [0.717, 1.165) is 23.3 Å². The maximum atomic E-state index is 12.6. The number of amides is 2. The lowest BCUT2D eigenvalue weighted by molar-refractivity contribution is -0.136. The monoisotopic (exact) mass is 583 g/mol. The van der Waals surface area contributed by atoms with Crippen molar-refractivity contribution in [1.29, 1.82) is 0 Å². The lowest BCUT2D eigenvalue weighted by Gasteiger charge is -2.12. The average molecular weight is 584 g/mol. The molecule has 40 heavy (non-hydrogen) atoms. The zero-order valence-corrected chi connectivity index (χ0v) is 23.5. The van der Waals surface area contributed by atoms with E-state index in [1.54, 1.807) is 50.2 Å². The van der Waals surface area contributed by atoms with Gasteiger partial charge in [-0.1, -0.05) is 23.7 Å². The van der Waals surface area contributed by atoms with Gasteiger partial charge in [-0.05, 0) is 69.0 Å². The summed E-state index contributed by atoms with van der Waals surface area (Å²) in [5.74, 6) is -2.76. The number of ether oxygens (including phenoxy) is 3. The molecule has 0 unspecified atom stereocenters. The van der Waals surface area contributed by atoms with E-state index in [9.17, 15) is 19.2 Å². The van der Waals surface area contributed by atoms with Crippen LogP contribution in [0.15, 0.2) is 47.6 Å². The molecule has 0 atom stereocenters. The summed E-state index contributed by atoms with van der Waals surface area (Å²) in [6.45, 7) is 3.51. The molecule has 1 aliphatic carbocycles. The molecule has 4 rings (SSSR count). The molecule has 0 spiro atoms. The molecule has 2 amide bonds. The Morgan fingerprint density at radius 1 is 1.02 bits per heavy atom. The minimum atomic E-state index is -1.01. The molecule has 0 fully saturated rings. The first kappa shape index (κ1) is 28.8. The topological polar surface area (TPSA) is 132 Å². The number of aryl methyl sites for hydroxylation is 1. The highest BCUT2D eigenvalue weighted by molar-refractivity contribution is 7.17. The minimum Gasteiger partial charge on any atom is -0.493 e. The van der Waals surface area contributed by atoms with Gasteiger partial charge in [0.1, 0.15) is 5.00 Å². The second-order valence-corrected chi connectivity index (χ2v) is 10.1. The molecule has 0 saturated heterocycles. The number of hydrogen-bond acceptors (Lipinski definition) is 9. The highest BCUT2D eigenvalue weighted by Gasteiger charge is 2.29. The molecule has 0 saturated carbocycles. The Bertz CT molecular complexity index is 1520. The number of halogens is 1. The highest BCUT2D eigenvalue weighted by Crippen LogP contribution is 2.39. The van der Waals surface area contributed by atoms with E-state index in [-0.39, 0.29) is 33.7 Å². The molecule has 1 heterocycles. The van der Waals surface area contributed by atoms with Crippen LogP contribution in [0, 0.1) is 0 Å². The van der Waals surface area contributed by atoms with Crippen LogP contribution < -0.4 is 20.2 Å². The molecule has 1 aromatic heterocycles. The van der Waals surface area contributed by atoms with Crippen LogP contribution in [0.4, 0.5) is 5.00 Å². The van der Waals surface area contributed by atoms with Crippen LogP contribution in [-0.2, 0) is 27.2 Å². The molecule has 0 aliphatic heterocycles. The lowest BCUT2D eigenvalue weighted by Crippen LogP contribution is -2.33. The number of thiophene rings is 1. The van der Waals surface area contributed by atoms with E-state index >= 15 is 0 Å². The zero-order chi connectivity index (χ0) is 28.8. The van der Waals surface area contributed by atoms with E-state index in [1.165, 1.54) is 24.5 Å². The molecule has 0 radical (unpaired) electrons. The van der Waals surface area contributed by atoms with Gasteiger partial charge < -0.3 is 19.5 Å². The van der Waals surface area contributed by atoms with Gasteiger partial charge in [0, 0.05) is 10.4 Å². The number of anilines is 1. The van der Waals surface area contributed by atoms with E-state index in [2.05, 4.69) is 15.8 Å². The molecule has 1 aliphatic rings. The van der Waals surface area contributed by atoms with Crippen LogP contribution in [0.3, 0.4) is 0 Å². The van der Waals surface area contributed by atoms with Crippen LogP contribution in [0.2, 0.25) is 5.02 Å². The first-order valence-electron chi connectivity index (χ1n) is 12.4. The van der Waals surface area contributed by atoms with Crippen molar-refractivity contribution in [3.63, 3.8) is 0 Å². The number of methoxy groups -OCH3 is 1. The molecule has 3 aromatic rings. The number of benzene rings is 2. The summed E-state index contributed by atoms with van der Waals surface area (Å²) in [4.78, 5) is 51.1. The largest absolute Gasteiger partial charge is 0.493 e. The fourth-order valence-corrected chi connectivity index (χ4v) is 5.57. The predicted molar refractivity (Wildman–Crippen MR) is 151 cm³/mol. The van der Waals surface area contributed by atoms with Gasteiger partial charge in [-0.3, -0.25) is 9.59 Å². The number of nitrogens with one attached hydrogen (secondary N) is 2. The fourth-order valence-electron chi connectivity index (χ4n) is 4.08. The van der Waals surface area contributed by atoms with Crippen molar-refractivity contribution in [2.45, 2.75) is 33.1 Å². The number of hydrogen-bond donors (Lipinski definition) is 2. The van der Waals surface area contributed by atoms with Gasteiger partial charge in [-0.2, -0.15) is 5.10 Å². The molecule has 10 nitrogen and oxygen atoms in total. The Balaban J connectivity index is 1.43. The van der Waals surface area contributed by atoms with E-state index < -0.39 is 23.8 Å². The summed E-state index contributed by atoms with van der Waals surface area (Å²) in [7, 11) is 1.41. The molecular formula is C28H26ClN3O7S. The summed E-state index contributed by atoms with van der Waals surface area (Å²) in [6.07, 6.45) is 2.44. The van der Waals surface area contributed by atoms with Crippen LogP contribution in [0.1, 0.15) is 57.0 Å². The van der Waals surface area contributed by atoms with Crippen LogP contribution in [0.25, 0.3) is 0 Å². The van der Waals surface area contributed by atoms with Crippen molar-refractivity contribution in [1.82, 2.24) is 5.43 Å². The smallest absolute Gasteiger partial charge is 0.345 e. The SMILES string of the molecule is CCOC(=O)c1c(NC(=O)C(=O)N/N=C(\C)c2ccc(OC(=O)c3ccccc3Cl)c(OC)c2)sc2c1CCC2. The number of esters is 2. The normalized spacial score (nSPS) is 12.3. The molecular weight excluding hydrogens is 558 g/mol. The molecule has 208 valence electrons. The second-order valence-electron chi connectivity index (χ2n) is 8.61. The van der Waals surface area contributed by atoms with Gasteiger partial charge >= 0.3 is 23.8 Å². The van der Waals surface area contributed by atoms with Crippen molar-refractivity contribution < 1.29 is 33.4 Å². The van der Waals surface area contributed by atoms with E-state index in [1.807, 2.05) is 0 Å². The fraction of sp³-hybridized carbons (Fsp3) is 0.250. The number of carbonyl (C=O) groups is 4. The summed E-state index contributed by atoms with van der Waals surface area (Å²) >= 11 is 7.35. The van der Waals surface area contributed by atoms with Gasteiger partial charge in [0.2, 0.25) is 0 Å². The number of fused-ring (bicyclic) bond motifs is 1. The summed E-state index contributed by atoms with van der Waals surface area (Å²) in [5, 5.41) is 7.07. The molecule has 0 bridgehead atoms. The highest BCUT2D eigenvalue weighted by atomic mass is 35.5. The predicted octanol–water partition coefficient (Wildman–Crippen LogP) is 4.77. The summed E-state index contributed by atoms with van der Waals surface area (Å²) in [5.41, 5.74) is 4.49. The minimum absolute atomic E-state index is 0.160. The number of hydrazone groups is 1. The van der Waals surface area contributed by atoms with Gasteiger partial charge in [-0.15, -0.1) is 11.3 Å². The van der Waals surface area contributed by atoms with Crippen molar-refractivity contribution in [3.8, 4) is 11.5 Å². The summed E-state index contributed by atoms with van der Waals surface area (Å²) in [6, 6.07) is 11.2. The van der Waals surface area contributed by atoms with Crippen molar-refractivity contribution in [2.75, 3.05) is 19.0 Å². The Morgan fingerprint density at radius 2 is 1.80 bits per heavy atom. The third-order valence-electron chi connectivity index (χ3n) is 6.04. The van der Waals surface area contributed by atoms with Gasteiger partial charge in [0.15, 0.2) is 11.5 Å². The Labute approximate surface area is 239 Å². The summed E-state index contributed by atoms with van der Waals surface area (Å²) < 4.78 is 15.9. The van der Waals surface area contributed by atoms with Crippen LogP contribution >= 0.6 is 22.9 Å². The molecule has 12 heteroatoms. The zero-order valence-electron chi connectivity index (χ0n) is 22.0. The van der Waals surface area contributed by atoms with E-state index in [0.29, 0.717) is 23.3 Å². The average Bonchev–Trinajstić information content (AvgIpc) is 3.52. The first-order chi connectivity index (χ1) is 19.2. The van der Waals surface area contributed by atoms with E-state index in [4.69, 9.17) is 25.8 Å². The van der Waals surface area contributed by atoms with Gasteiger partial charge in [0.05, 0.1) is 35.6 Å². The second kappa shape index (κ2) is 12.8. The van der Waals surface area contributed by atoms with Gasteiger partial charge in [-0.25, -0.2) is 15.0 Å². The van der Waals surface area contributed by atoms with Crippen LogP contribution in [-0.4, -0.2) is 43.2 Å². The van der Waals surface area contributed by atoms with Crippen molar-refractivity contribution in [3.05, 3.63) is 74.6 Å². The first-order valence-corrected chi connectivity index (χ1v) is 13.5. The third kappa shape index (κ3) is 6.32. The number of nitrogens with zero attached hydrogens (tertiary/aromatic N) is 1. The quantitative estimate of drug-likeness (QED) is 0.128. The van der Waals surface area contributed by atoms with Crippen LogP contribution in [0.5, 0.6) is 11.5 Å². The van der Waals surface area contributed by atoms with Crippen molar-refractivity contribution >= 4 is 57.4 Å². The number of rotatable bonds is 8. The Hall–Kier alpha value is -4.22. The third-order valence-corrected chi connectivity index (χ3v) is 7.57. The van der Waals surface area contributed by atoms with Crippen molar-refractivity contribution in [2.24, 2.45) is 5.10 Å². The number of carbonyl (C=O) groups excluding carboxylic acids is 4. The molecule has 2 N–H and O–H groups in total. The standard InChI is InChI=1S/C28H26ClN3O7S/c1-4-38-28(36)23-18-9-7-11-22(18)40-26(23)30-24(33)25(34)32-31-15(2)16-12-13-20(21(14-16)37-3)39-27(35)17-8-5-6-10-19(17)29/h5-6,8,10,12-14H,4,7,9,11H2,1-3H3,(H,30,33)(H,32,34)/b31-15+. The maximum absolute atomic E-state index is 12.6. The maximum Gasteiger partial charge on any atom is 0.345 e. The lowest BCUT2D eigenvalue weighted by atomic mass is 10.1. The molecule has 2 aromatic carbocycles. The van der Waals surface area contributed by atoms with Gasteiger partial charge in [0.25, 0.3) is 0 Å². The Morgan fingerprint density at radius 3 is 2.52 bits per heavy atom.